The quantitative estimate of drug-likeness (QED) is 0.609. The number of ether oxygens (including phenoxy) is 1. The lowest BCUT2D eigenvalue weighted by Gasteiger charge is -2.10. The fraction of sp³-hybridized carbons (Fsp3) is 0.0714. The summed E-state index contributed by atoms with van der Waals surface area (Å²) in [6, 6.07) is 2.36. The van der Waals surface area contributed by atoms with Crippen molar-refractivity contribution < 1.29 is 30.7 Å². The summed E-state index contributed by atoms with van der Waals surface area (Å²) in [6.45, 7) is -3.43. The summed E-state index contributed by atoms with van der Waals surface area (Å²) in [4.78, 5) is 6.55. The van der Waals surface area contributed by atoms with E-state index in [1.54, 1.807) is 11.6 Å². The highest BCUT2D eigenvalue weighted by atomic mass is 32.2. The van der Waals surface area contributed by atoms with Gasteiger partial charge in [0.15, 0.2) is 17.4 Å². The van der Waals surface area contributed by atoms with E-state index in [1.807, 2.05) is 4.72 Å². The smallest absolute Gasteiger partial charge is 0.387 e. The van der Waals surface area contributed by atoms with Crippen molar-refractivity contribution in [3.8, 4) is 16.5 Å². The monoisotopic (exact) mass is 407 g/mol. The second kappa shape index (κ2) is 6.96. The average molecular weight is 407 g/mol. The number of benzene rings is 1. The standard InChI is InChI=1S/C14H9F4N3O3S2/c15-9-3-7(4-10(16)12(9)24-14(17)18)21-26(22,23)8-5-11(20-6-8)13-19-1-2-25-13/h1-6,14,20-21H. The summed E-state index contributed by atoms with van der Waals surface area (Å²) in [5.41, 5.74) is -0.0444. The Hall–Kier alpha value is -2.60. The van der Waals surface area contributed by atoms with Crippen molar-refractivity contribution in [3.63, 3.8) is 0 Å². The van der Waals surface area contributed by atoms with E-state index in [1.165, 1.54) is 23.6 Å². The van der Waals surface area contributed by atoms with Crippen molar-refractivity contribution in [3.05, 3.63) is 47.6 Å². The Kier molecular flexibility index (Phi) is 4.87. The van der Waals surface area contributed by atoms with Gasteiger partial charge in [-0.25, -0.2) is 22.2 Å². The summed E-state index contributed by atoms with van der Waals surface area (Å²) in [7, 11) is -4.18. The maximum absolute atomic E-state index is 13.7. The number of aromatic nitrogens is 2. The van der Waals surface area contributed by atoms with E-state index < -0.39 is 39.7 Å². The van der Waals surface area contributed by atoms with E-state index in [2.05, 4.69) is 14.7 Å². The molecule has 2 N–H and O–H groups in total. The zero-order valence-corrected chi connectivity index (χ0v) is 14.2. The molecule has 2 aromatic heterocycles. The summed E-state index contributed by atoms with van der Waals surface area (Å²) in [6.07, 6.45) is 2.72. The van der Waals surface area contributed by atoms with Gasteiger partial charge in [-0.2, -0.15) is 8.78 Å². The van der Waals surface area contributed by atoms with Gasteiger partial charge in [0.2, 0.25) is 0 Å². The minimum atomic E-state index is -4.18. The molecule has 0 fully saturated rings. The van der Waals surface area contributed by atoms with Crippen LogP contribution in [0.4, 0.5) is 23.2 Å². The number of aromatic amines is 1. The highest BCUT2D eigenvalue weighted by Crippen LogP contribution is 2.29. The van der Waals surface area contributed by atoms with Crippen molar-refractivity contribution >= 4 is 27.0 Å². The molecule has 0 radical (unpaired) electrons. The number of thiazole rings is 1. The third kappa shape index (κ3) is 3.80. The van der Waals surface area contributed by atoms with E-state index in [9.17, 15) is 26.0 Å². The van der Waals surface area contributed by atoms with Gasteiger partial charge in [0.05, 0.1) is 11.4 Å². The lowest BCUT2D eigenvalue weighted by Crippen LogP contribution is -2.13. The Morgan fingerprint density at radius 2 is 1.88 bits per heavy atom. The molecule has 0 aliphatic heterocycles. The number of rotatable bonds is 6. The number of nitrogens with one attached hydrogen (secondary N) is 2. The van der Waals surface area contributed by atoms with Gasteiger partial charge in [0.25, 0.3) is 10.0 Å². The van der Waals surface area contributed by atoms with Crippen LogP contribution in [-0.4, -0.2) is 25.0 Å². The molecular formula is C14H9F4N3O3S2. The van der Waals surface area contributed by atoms with E-state index in [4.69, 9.17) is 0 Å². The first kappa shape index (κ1) is 18.2. The van der Waals surface area contributed by atoms with Gasteiger partial charge >= 0.3 is 6.61 Å². The number of H-pyrrole nitrogens is 1. The number of hydrogen-bond donors (Lipinski definition) is 2. The molecule has 3 rings (SSSR count). The molecule has 26 heavy (non-hydrogen) atoms. The fourth-order valence-electron chi connectivity index (χ4n) is 2.04. The van der Waals surface area contributed by atoms with Gasteiger partial charge in [-0.05, 0) is 6.07 Å². The van der Waals surface area contributed by atoms with Gasteiger partial charge in [-0.3, -0.25) is 4.72 Å². The fourth-order valence-corrected chi connectivity index (χ4v) is 3.69. The second-order valence-electron chi connectivity index (χ2n) is 4.84. The van der Waals surface area contributed by atoms with E-state index in [0.717, 1.165) is 0 Å². The molecule has 12 heteroatoms. The van der Waals surface area contributed by atoms with Gasteiger partial charge in [-0.15, -0.1) is 11.3 Å². The van der Waals surface area contributed by atoms with Gasteiger partial charge < -0.3 is 9.72 Å². The van der Waals surface area contributed by atoms with Gasteiger partial charge in [0.1, 0.15) is 9.90 Å². The predicted molar refractivity (Wildman–Crippen MR) is 85.7 cm³/mol. The molecule has 0 aliphatic carbocycles. The van der Waals surface area contributed by atoms with Crippen LogP contribution in [0.3, 0.4) is 0 Å². The molecule has 0 saturated heterocycles. The number of halogens is 4. The Morgan fingerprint density at radius 3 is 2.46 bits per heavy atom. The summed E-state index contributed by atoms with van der Waals surface area (Å²) >= 11 is 1.28. The lowest BCUT2D eigenvalue weighted by molar-refractivity contribution is -0.0546. The number of hydrogen-bond acceptors (Lipinski definition) is 5. The molecular weight excluding hydrogens is 398 g/mol. The minimum absolute atomic E-state index is 0.198. The molecule has 0 aliphatic rings. The van der Waals surface area contributed by atoms with Crippen LogP contribution in [-0.2, 0) is 10.0 Å². The van der Waals surface area contributed by atoms with E-state index >= 15 is 0 Å². The first-order valence-corrected chi connectivity index (χ1v) is 9.17. The molecule has 138 valence electrons. The Bertz CT molecular complexity index is 997. The molecule has 0 saturated carbocycles. The SMILES string of the molecule is O=S(=O)(Nc1cc(F)c(OC(F)F)c(F)c1)c1c[nH]c(-c2nccs2)c1. The van der Waals surface area contributed by atoms with Crippen LogP contribution < -0.4 is 9.46 Å². The average Bonchev–Trinajstić information content (AvgIpc) is 3.21. The first-order chi connectivity index (χ1) is 12.3. The lowest BCUT2D eigenvalue weighted by atomic mass is 10.3. The van der Waals surface area contributed by atoms with Crippen LogP contribution >= 0.6 is 11.3 Å². The van der Waals surface area contributed by atoms with Crippen LogP contribution in [0.25, 0.3) is 10.7 Å². The number of sulfonamides is 1. The normalized spacial score (nSPS) is 11.7. The van der Waals surface area contributed by atoms with Crippen LogP contribution in [0.1, 0.15) is 0 Å². The predicted octanol–water partition coefficient (Wildman–Crippen LogP) is 3.82. The highest BCUT2D eigenvalue weighted by Gasteiger charge is 2.21. The largest absolute Gasteiger partial charge is 0.429 e. The third-order valence-corrected chi connectivity index (χ3v) is 5.25. The van der Waals surface area contributed by atoms with Crippen molar-refractivity contribution in [2.24, 2.45) is 0 Å². The number of anilines is 1. The molecule has 6 nitrogen and oxygen atoms in total. The third-order valence-electron chi connectivity index (χ3n) is 3.09. The maximum atomic E-state index is 13.7. The minimum Gasteiger partial charge on any atom is -0.429 e. The van der Waals surface area contributed by atoms with Crippen LogP contribution in [0.5, 0.6) is 5.75 Å². The molecule has 3 aromatic rings. The van der Waals surface area contributed by atoms with E-state index in [-0.39, 0.29) is 4.90 Å². The summed E-state index contributed by atoms with van der Waals surface area (Å²) in [5.74, 6) is -4.24. The highest BCUT2D eigenvalue weighted by molar-refractivity contribution is 7.92. The van der Waals surface area contributed by atoms with Crippen LogP contribution in [0.15, 0.2) is 40.9 Å². The molecule has 1 aromatic carbocycles. The molecule has 0 atom stereocenters. The summed E-state index contributed by atoms with van der Waals surface area (Å²) in [5, 5.41) is 2.26. The van der Waals surface area contributed by atoms with Crippen molar-refractivity contribution in [2.75, 3.05) is 4.72 Å². The van der Waals surface area contributed by atoms with E-state index in [0.29, 0.717) is 22.8 Å². The topological polar surface area (TPSA) is 84.1 Å². The van der Waals surface area contributed by atoms with Crippen molar-refractivity contribution in [1.82, 2.24) is 9.97 Å². The van der Waals surface area contributed by atoms with Crippen LogP contribution in [0.2, 0.25) is 0 Å². The second-order valence-corrected chi connectivity index (χ2v) is 7.42. The molecule has 0 bridgehead atoms. The number of alkyl halides is 2. The first-order valence-electron chi connectivity index (χ1n) is 6.81. The summed E-state index contributed by atoms with van der Waals surface area (Å²) < 4.78 is 82.0. The maximum Gasteiger partial charge on any atom is 0.387 e. The Labute approximate surface area is 148 Å². The van der Waals surface area contributed by atoms with Crippen molar-refractivity contribution in [2.45, 2.75) is 11.5 Å². The number of nitrogens with zero attached hydrogens (tertiary/aromatic N) is 1. The Morgan fingerprint density at radius 1 is 1.19 bits per heavy atom. The zero-order chi connectivity index (χ0) is 18.9. The molecule has 0 spiro atoms. The molecule has 2 heterocycles. The molecule has 0 amide bonds. The van der Waals surface area contributed by atoms with Gasteiger partial charge in [0, 0.05) is 29.9 Å². The Balaban J connectivity index is 1.86. The molecule has 0 unspecified atom stereocenters. The zero-order valence-electron chi connectivity index (χ0n) is 12.5. The van der Waals surface area contributed by atoms with Crippen LogP contribution in [0, 0.1) is 11.6 Å². The van der Waals surface area contributed by atoms with Gasteiger partial charge in [-0.1, -0.05) is 0 Å². The van der Waals surface area contributed by atoms with Crippen molar-refractivity contribution in [1.29, 1.82) is 0 Å².